The Kier molecular flexibility index (Phi) is 3.50. The van der Waals surface area contributed by atoms with E-state index in [0.29, 0.717) is 16.1 Å². The Bertz CT molecular complexity index is 383. The molecule has 0 heterocycles. The van der Waals surface area contributed by atoms with E-state index >= 15 is 0 Å². The second-order valence-electron chi connectivity index (χ2n) is 4.02. The van der Waals surface area contributed by atoms with Crippen LogP contribution in [-0.4, -0.2) is 24.1 Å². The highest BCUT2D eigenvalue weighted by molar-refractivity contribution is 9.09. The van der Waals surface area contributed by atoms with Crippen molar-refractivity contribution in [1.82, 2.24) is 0 Å². The van der Waals surface area contributed by atoms with Gasteiger partial charge in [-0.3, -0.25) is 0 Å². The summed E-state index contributed by atoms with van der Waals surface area (Å²) in [6, 6.07) is 4.79. The van der Waals surface area contributed by atoms with E-state index in [-0.39, 0.29) is 18.0 Å². The molecule has 0 radical (unpaired) electrons. The first-order chi connectivity index (χ1) is 7.61. The van der Waals surface area contributed by atoms with Gasteiger partial charge in [-0.1, -0.05) is 15.9 Å². The SMILES string of the molecule is COC1C(Br)CC1Oc1ccc(F)c(C)c1. The van der Waals surface area contributed by atoms with Gasteiger partial charge in [-0.25, -0.2) is 4.39 Å². The number of alkyl halides is 1. The molecule has 0 aliphatic heterocycles. The largest absolute Gasteiger partial charge is 0.488 e. The van der Waals surface area contributed by atoms with Crippen LogP contribution in [-0.2, 0) is 4.74 Å². The van der Waals surface area contributed by atoms with E-state index < -0.39 is 0 Å². The number of benzene rings is 1. The zero-order valence-corrected chi connectivity index (χ0v) is 10.8. The fraction of sp³-hybridized carbons (Fsp3) is 0.500. The summed E-state index contributed by atoms with van der Waals surface area (Å²) < 4.78 is 24.1. The fourth-order valence-electron chi connectivity index (χ4n) is 1.81. The number of methoxy groups -OCH3 is 1. The first kappa shape index (κ1) is 11.9. The molecule has 0 aromatic heterocycles. The first-order valence-electron chi connectivity index (χ1n) is 5.21. The Balaban J connectivity index is 2.02. The number of hydrogen-bond donors (Lipinski definition) is 0. The van der Waals surface area contributed by atoms with Gasteiger partial charge in [0.25, 0.3) is 0 Å². The highest BCUT2D eigenvalue weighted by Gasteiger charge is 2.41. The molecule has 0 bridgehead atoms. The minimum atomic E-state index is -0.206. The molecule has 0 saturated heterocycles. The maximum atomic E-state index is 13.0. The third kappa shape index (κ3) is 2.23. The van der Waals surface area contributed by atoms with Crippen LogP contribution in [0.2, 0.25) is 0 Å². The molecule has 88 valence electrons. The summed E-state index contributed by atoms with van der Waals surface area (Å²) in [5.74, 6) is 0.493. The van der Waals surface area contributed by atoms with Crippen LogP contribution in [0.1, 0.15) is 12.0 Å². The summed E-state index contributed by atoms with van der Waals surface area (Å²) in [7, 11) is 1.67. The molecular formula is C12H14BrFO2. The van der Waals surface area contributed by atoms with Crippen molar-refractivity contribution < 1.29 is 13.9 Å². The van der Waals surface area contributed by atoms with Crippen molar-refractivity contribution in [3.63, 3.8) is 0 Å². The van der Waals surface area contributed by atoms with Crippen molar-refractivity contribution in [1.29, 1.82) is 0 Å². The smallest absolute Gasteiger partial charge is 0.127 e. The monoisotopic (exact) mass is 288 g/mol. The lowest BCUT2D eigenvalue weighted by atomic mass is 9.91. The average Bonchev–Trinajstić information content (AvgIpc) is 2.23. The molecule has 1 aliphatic rings. The molecule has 0 spiro atoms. The molecular weight excluding hydrogens is 275 g/mol. The number of hydrogen-bond acceptors (Lipinski definition) is 2. The van der Waals surface area contributed by atoms with Crippen molar-refractivity contribution in [2.45, 2.75) is 30.4 Å². The summed E-state index contributed by atoms with van der Waals surface area (Å²) in [6.07, 6.45) is 1.04. The maximum absolute atomic E-state index is 13.0. The lowest BCUT2D eigenvalue weighted by molar-refractivity contribution is -0.0545. The van der Waals surface area contributed by atoms with E-state index in [1.54, 1.807) is 26.2 Å². The second kappa shape index (κ2) is 4.72. The third-order valence-electron chi connectivity index (χ3n) is 2.87. The molecule has 4 heteroatoms. The van der Waals surface area contributed by atoms with E-state index in [2.05, 4.69) is 15.9 Å². The van der Waals surface area contributed by atoms with Crippen LogP contribution < -0.4 is 4.74 Å². The van der Waals surface area contributed by atoms with Crippen LogP contribution in [0.5, 0.6) is 5.75 Å². The van der Waals surface area contributed by atoms with Crippen LogP contribution >= 0.6 is 15.9 Å². The lowest BCUT2D eigenvalue weighted by Gasteiger charge is -2.40. The van der Waals surface area contributed by atoms with Crippen molar-refractivity contribution in [3.05, 3.63) is 29.6 Å². The van der Waals surface area contributed by atoms with E-state index in [0.717, 1.165) is 6.42 Å². The normalized spacial score (nSPS) is 28.6. The Morgan fingerprint density at radius 3 is 2.75 bits per heavy atom. The molecule has 1 aromatic rings. The number of rotatable bonds is 3. The maximum Gasteiger partial charge on any atom is 0.127 e. The molecule has 0 amide bonds. The minimum Gasteiger partial charge on any atom is -0.488 e. The van der Waals surface area contributed by atoms with E-state index in [1.165, 1.54) is 6.07 Å². The molecule has 1 fully saturated rings. The molecule has 2 nitrogen and oxygen atoms in total. The zero-order chi connectivity index (χ0) is 11.7. The summed E-state index contributed by atoms with van der Waals surface area (Å²) in [5.41, 5.74) is 0.598. The van der Waals surface area contributed by atoms with E-state index in [4.69, 9.17) is 9.47 Å². The zero-order valence-electron chi connectivity index (χ0n) is 9.24. The minimum absolute atomic E-state index is 0.0548. The van der Waals surface area contributed by atoms with Gasteiger partial charge < -0.3 is 9.47 Å². The molecule has 3 atom stereocenters. The fourth-order valence-corrected chi connectivity index (χ4v) is 2.73. The van der Waals surface area contributed by atoms with Gasteiger partial charge in [-0.2, -0.15) is 0 Å². The topological polar surface area (TPSA) is 18.5 Å². The Morgan fingerprint density at radius 1 is 1.44 bits per heavy atom. The van der Waals surface area contributed by atoms with Crippen molar-refractivity contribution in [3.8, 4) is 5.75 Å². The van der Waals surface area contributed by atoms with Gasteiger partial charge in [-0.15, -0.1) is 0 Å². The van der Waals surface area contributed by atoms with Gasteiger partial charge in [0.15, 0.2) is 0 Å². The molecule has 1 aliphatic carbocycles. The van der Waals surface area contributed by atoms with E-state index in [9.17, 15) is 4.39 Å². The van der Waals surface area contributed by atoms with Gasteiger partial charge in [-0.05, 0) is 30.7 Å². The summed E-state index contributed by atoms with van der Waals surface area (Å²) in [6.45, 7) is 1.73. The Hall–Kier alpha value is -0.610. The summed E-state index contributed by atoms with van der Waals surface area (Å²) in [5, 5.41) is 0. The predicted molar refractivity (Wildman–Crippen MR) is 63.7 cm³/mol. The third-order valence-corrected chi connectivity index (χ3v) is 3.76. The molecule has 16 heavy (non-hydrogen) atoms. The summed E-state index contributed by atoms with van der Waals surface area (Å²) in [4.78, 5) is 0.351. The standard InChI is InChI=1S/C12H14BrFO2/c1-7-5-8(3-4-10(7)14)16-11-6-9(13)12(11)15-2/h3-5,9,11-12H,6H2,1-2H3. The van der Waals surface area contributed by atoms with Crippen LogP contribution in [0, 0.1) is 12.7 Å². The van der Waals surface area contributed by atoms with Crippen LogP contribution in [0.4, 0.5) is 4.39 Å². The molecule has 3 unspecified atom stereocenters. The Morgan fingerprint density at radius 2 is 2.19 bits per heavy atom. The molecule has 0 N–H and O–H groups in total. The van der Waals surface area contributed by atoms with E-state index in [1.807, 2.05) is 0 Å². The van der Waals surface area contributed by atoms with Gasteiger partial charge in [0.05, 0.1) is 0 Å². The van der Waals surface area contributed by atoms with Gasteiger partial charge in [0, 0.05) is 18.4 Å². The number of ether oxygens (including phenoxy) is 2. The van der Waals surface area contributed by atoms with Crippen LogP contribution in [0.3, 0.4) is 0 Å². The van der Waals surface area contributed by atoms with Crippen molar-refractivity contribution in [2.24, 2.45) is 0 Å². The first-order valence-corrected chi connectivity index (χ1v) is 6.13. The Labute approximate surface area is 103 Å². The quantitative estimate of drug-likeness (QED) is 0.796. The van der Waals surface area contributed by atoms with Gasteiger partial charge >= 0.3 is 0 Å². The molecule has 2 rings (SSSR count). The van der Waals surface area contributed by atoms with Crippen LogP contribution in [0.25, 0.3) is 0 Å². The van der Waals surface area contributed by atoms with Crippen LogP contribution in [0.15, 0.2) is 18.2 Å². The van der Waals surface area contributed by atoms with Crippen molar-refractivity contribution >= 4 is 15.9 Å². The highest BCUT2D eigenvalue weighted by atomic mass is 79.9. The number of halogens is 2. The lowest BCUT2D eigenvalue weighted by Crippen LogP contribution is -2.51. The van der Waals surface area contributed by atoms with Gasteiger partial charge in [0.1, 0.15) is 23.8 Å². The van der Waals surface area contributed by atoms with Gasteiger partial charge in [0.2, 0.25) is 0 Å². The summed E-state index contributed by atoms with van der Waals surface area (Å²) >= 11 is 3.50. The average molecular weight is 289 g/mol. The molecule has 1 saturated carbocycles. The predicted octanol–water partition coefficient (Wildman–Crippen LogP) is 3.06. The highest BCUT2D eigenvalue weighted by Crippen LogP contribution is 2.34. The second-order valence-corrected chi connectivity index (χ2v) is 5.20. The van der Waals surface area contributed by atoms with Crippen molar-refractivity contribution in [2.75, 3.05) is 7.11 Å². The molecule has 1 aromatic carbocycles. The number of aryl methyl sites for hydroxylation is 1.